The number of carbonyl (C=O) groups is 1. The Morgan fingerprint density at radius 3 is 2.50 bits per heavy atom. The fraction of sp³-hybridized carbons (Fsp3) is 0.238. The van der Waals surface area contributed by atoms with Gasteiger partial charge in [-0.15, -0.1) is 5.10 Å². The second kappa shape index (κ2) is 7.24. The van der Waals surface area contributed by atoms with Crippen LogP contribution in [0, 0.1) is 20.8 Å². The number of nitrogens with zero attached hydrogens (tertiary/aromatic N) is 4. The number of anilines is 1. The van der Waals surface area contributed by atoms with E-state index < -0.39 is 0 Å². The largest absolute Gasteiger partial charge is 0.325 e. The van der Waals surface area contributed by atoms with Crippen LogP contribution in [0.15, 0.2) is 47.6 Å². The maximum Gasteiger partial charge on any atom is 0.237 e. The number of fused-ring (bicyclic) bond motifs is 3. The predicted octanol–water partition coefficient (Wildman–Crippen LogP) is 4.32. The van der Waals surface area contributed by atoms with Crippen molar-refractivity contribution in [3.63, 3.8) is 0 Å². The molecule has 2 heterocycles. The lowest BCUT2D eigenvalue weighted by Crippen LogP contribution is -2.24. The van der Waals surface area contributed by atoms with Crippen LogP contribution < -0.4 is 5.32 Å². The van der Waals surface area contributed by atoms with Crippen molar-refractivity contribution in [3.05, 3.63) is 59.4 Å². The summed E-state index contributed by atoms with van der Waals surface area (Å²) in [5.74, 6) is 0.606. The molecule has 142 valence electrons. The summed E-state index contributed by atoms with van der Waals surface area (Å²) >= 11 is 1.38. The summed E-state index contributed by atoms with van der Waals surface area (Å²) < 4.78 is 1.73. The average molecular weight is 392 g/mol. The van der Waals surface area contributed by atoms with Crippen LogP contribution in [0.25, 0.3) is 16.6 Å². The second-order valence-electron chi connectivity index (χ2n) is 6.82. The summed E-state index contributed by atoms with van der Waals surface area (Å²) in [5, 5.41) is 8.78. The number of carbonyl (C=O) groups excluding carboxylic acids is 1. The first-order valence-corrected chi connectivity index (χ1v) is 9.98. The molecule has 0 radical (unpaired) electrons. The molecule has 7 heteroatoms. The highest BCUT2D eigenvalue weighted by Crippen LogP contribution is 2.28. The zero-order valence-corrected chi connectivity index (χ0v) is 17.0. The van der Waals surface area contributed by atoms with Crippen LogP contribution in [0.5, 0.6) is 0 Å². The molecule has 4 rings (SSSR count). The normalized spacial score (nSPS) is 12.4. The Kier molecular flexibility index (Phi) is 4.77. The number of hydrogen-bond donors (Lipinski definition) is 1. The quantitative estimate of drug-likeness (QED) is 0.414. The zero-order chi connectivity index (χ0) is 19.8. The molecule has 0 aliphatic carbocycles. The zero-order valence-electron chi connectivity index (χ0n) is 16.2. The number of aromatic nitrogens is 4. The van der Waals surface area contributed by atoms with Crippen molar-refractivity contribution in [2.45, 2.75) is 38.1 Å². The van der Waals surface area contributed by atoms with Crippen molar-refractivity contribution in [1.29, 1.82) is 0 Å². The lowest BCUT2D eigenvalue weighted by atomic mass is 10.1. The standard InChI is InChI=1S/C21H21N5OS/c1-12-8-7-9-13(2)18(12)24-20(27)14(3)28-21-23-17-11-6-5-10-16(17)19-22-15(4)25-26(19)21/h5-11,14H,1-4H3,(H,24,27)/t14-/m0/s1. The molecule has 0 spiro atoms. The monoisotopic (exact) mass is 391 g/mol. The molecule has 0 saturated heterocycles. The van der Waals surface area contributed by atoms with E-state index in [1.807, 2.05) is 70.2 Å². The highest BCUT2D eigenvalue weighted by molar-refractivity contribution is 8.00. The van der Waals surface area contributed by atoms with Crippen LogP contribution in [0.4, 0.5) is 5.69 Å². The minimum atomic E-state index is -0.347. The fourth-order valence-electron chi connectivity index (χ4n) is 3.16. The third kappa shape index (κ3) is 3.33. The van der Waals surface area contributed by atoms with Gasteiger partial charge in [-0.05, 0) is 51.0 Å². The van der Waals surface area contributed by atoms with E-state index >= 15 is 0 Å². The molecule has 1 amide bonds. The van der Waals surface area contributed by atoms with Gasteiger partial charge in [0.2, 0.25) is 5.91 Å². The molecule has 0 saturated carbocycles. The van der Waals surface area contributed by atoms with E-state index in [1.54, 1.807) is 4.52 Å². The Morgan fingerprint density at radius 2 is 1.75 bits per heavy atom. The summed E-state index contributed by atoms with van der Waals surface area (Å²) in [6.07, 6.45) is 0. The maximum absolute atomic E-state index is 12.8. The van der Waals surface area contributed by atoms with Crippen LogP contribution in [-0.2, 0) is 4.79 Å². The number of aryl methyl sites for hydroxylation is 3. The molecule has 4 aromatic rings. The van der Waals surface area contributed by atoms with E-state index in [0.717, 1.165) is 33.4 Å². The summed E-state index contributed by atoms with van der Waals surface area (Å²) in [5.41, 5.74) is 4.56. The Hall–Kier alpha value is -2.93. The molecule has 2 aromatic heterocycles. The van der Waals surface area contributed by atoms with Gasteiger partial charge in [-0.2, -0.15) is 4.52 Å². The van der Waals surface area contributed by atoms with Gasteiger partial charge in [0.25, 0.3) is 0 Å². The predicted molar refractivity (Wildman–Crippen MR) is 113 cm³/mol. The number of nitrogens with one attached hydrogen (secondary N) is 1. The second-order valence-corrected chi connectivity index (χ2v) is 8.13. The SMILES string of the molecule is Cc1nc2c3ccccc3nc(S[C@@H](C)C(=O)Nc3c(C)cccc3C)n2n1. The Morgan fingerprint density at radius 1 is 1.04 bits per heavy atom. The first kappa shape index (κ1) is 18.4. The van der Waals surface area contributed by atoms with E-state index in [0.29, 0.717) is 11.0 Å². The first-order valence-electron chi connectivity index (χ1n) is 9.10. The van der Waals surface area contributed by atoms with Crippen LogP contribution >= 0.6 is 11.8 Å². The minimum absolute atomic E-state index is 0.0673. The van der Waals surface area contributed by atoms with Crippen molar-refractivity contribution in [2.75, 3.05) is 5.32 Å². The Labute approximate surface area is 167 Å². The molecule has 2 aromatic carbocycles. The van der Waals surface area contributed by atoms with Crippen molar-refractivity contribution in [3.8, 4) is 0 Å². The number of para-hydroxylation sites is 2. The van der Waals surface area contributed by atoms with Crippen molar-refractivity contribution >= 4 is 39.9 Å². The third-order valence-electron chi connectivity index (χ3n) is 4.64. The molecule has 1 atom stereocenters. The van der Waals surface area contributed by atoms with Gasteiger partial charge in [0.05, 0.1) is 10.8 Å². The fourth-order valence-corrected chi connectivity index (χ4v) is 4.02. The Balaban J connectivity index is 1.66. The van der Waals surface area contributed by atoms with E-state index in [-0.39, 0.29) is 11.2 Å². The highest BCUT2D eigenvalue weighted by Gasteiger charge is 2.20. The molecule has 28 heavy (non-hydrogen) atoms. The minimum Gasteiger partial charge on any atom is -0.325 e. The lowest BCUT2D eigenvalue weighted by Gasteiger charge is -2.15. The van der Waals surface area contributed by atoms with Gasteiger partial charge in [-0.1, -0.05) is 42.1 Å². The number of benzene rings is 2. The number of thioether (sulfide) groups is 1. The summed E-state index contributed by atoms with van der Waals surface area (Å²) in [6, 6.07) is 13.8. The van der Waals surface area contributed by atoms with Crippen molar-refractivity contribution < 1.29 is 4.79 Å². The molecule has 0 aliphatic heterocycles. The smallest absolute Gasteiger partial charge is 0.237 e. The highest BCUT2D eigenvalue weighted by atomic mass is 32.2. The molecule has 0 bridgehead atoms. The van der Waals surface area contributed by atoms with Gasteiger partial charge < -0.3 is 5.32 Å². The summed E-state index contributed by atoms with van der Waals surface area (Å²) in [6.45, 7) is 7.72. The van der Waals surface area contributed by atoms with Crippen LogP contribution in [-0.4, -0.2) is 30.7 Å². The average Bonchev–Trinajstić information content (AvgIpc) is 3.07. The molecular formula is C21H21N5OS. The van der Waals surface area contributed by atoms with Gasteiger partial charge in [0, 0.05) is 11.1 Å². The van der Waals surface area contributed by atoms with Gasteiger partial charge in [-0.25, -0.2) is 9.97 Å². The summed E-state index contributed by atoms with van der Waals surface area (Å²) in [4.78, 5) is 22.1. The molecular weight excluding hydrogens is 370 g/mol. The molecule has 0 unspecified atom stereocenters. The first-order chi connectivity index (χ1) is 13.4. The maximum atomic E-state index is 12.8. The molecule has 6 nitrogen and oxygen atoms in total. The van der Waals surface area contributed by atoms with E-state index in [4.69, 9.17) is 4.98 Å². The van der Waals surface area contributed by atoms with E-state index in [9.17, 15) is 4.79 Å². The van der Waals surface area contributed by atoms with Gasteiger partial charge in [-0.3, -0.25) is 4.79 Å². The van der Waals surface area contributed by atoms with Crippen molar-refractivity contribution in [2.24, 2.45) is 0 Å². The van der Waals surface area contributed by atoms with Crippen molar-refractivity contribution in [1.82, 2.24) is 19.6 Å². The topological polar surface area (TPSA) is 72.2 Å². The number of rotatable bonds is 4. The van der Waals surface area contributed by atoms with E-state index in [1.165, 1.54) is 11.8 Å². The van der Waals surface area contributed by atoms with Crippen LogP contribution in [0.1, 0.15) is 23.9 Å². The summed E-state index contributed by atoms with van der Waals surface area (Å²) in [7, 11) is 0. The van der Waals surface area contributed by atoms with Gasteiger partial charge >= 0.3 is 0 Å². The van der Waals surface area contributed by atoms with Gasteiger partial charge in [0.15, 0.2) is 10.8 Å². The number of amides is 1. The molecule has 0 fully saturated rings. The van der Waals surface area contributed by atoms with Gasteiger partial charge in [0.1, 0.15) is 5.82 Å². The number of hydrogen-bond acceptors (Lipinski definition) is 5. The molecule has 0 aliphatic rings. The lowest BCUT2D eigenvalue weighted by molar-refractivity contribution is -0.115. The van der Waals surface area contributed by atoms with Crippen LogP contribution in [0.2, 0.25) is 0 Å². The Bertz CT molecular complexity index is 1180. The van der Waals surface area contributed by atoms with Crippen LogP contribution in [0.3, 0.4) is 0 Å². The molecule has 1 N–H and O–H groups in total. The van der Waals surface area contributed by atoms with E-state index in [2.05, 4.69) is 15.4 Å². The third-order valence-corrected chi connectivity index (χ3v) is 5.68.